The van der Waals surface area contributed by atoms with Gasteiger partial charge in [0.25, 0.3) is 10.0 Å². The number of rotatable bonds is 6. The van der Waals surface area contributed by atoms with E-state index < -0.39 is 10.0 Å². The molecule has 0 fully saturated rings. The van der Waals surface area contributed by atoms with Gasteiger partial charge in [-0.2, -0.15) is 13.4 Å². The molecule has 2 aromatic heterocycles. The Bertz CT molecular complexity index is 1120. The van der Waals surface area contributed by atoms with Crippen LogP contribution in [0.2, 0.25) is 0 Å². The first kappa shape index (κ1) is 17.4. The van der Waals surface area contributed by atoms with Crippen molar-refractivity contribution in [3.63, 3.8) is 0 Å². The Labute approximate surface area is 161 Å². The topological polar surface area (TPSA) is 76.9 Å². The third-order valence-electron chi connectivity index (χ3n) is 3.88. The highest BCUT2D eigenvalue weighted by Crippen LogP contribution is 2.23. The molecule has 0 radical (unpaired) electrons. The Morgan fingerprint density at radius 2 is 1.63 bits per heavy atom. The third-order valence-corrected chi connectivity index (χ3v) is 6.33. The average molecular weight is 396 g/mol. The molecule has 0 aliphatic heterocycles. The second-order valence-electron chi connectivity index (χ2n) is 5.72. The molecule has 1 N–H and O–H groups in total. The molecule has 6 nitrogen and oxygen atoms in total. The van der Waals surface area contributed by atoms with Gasteiger partial charge < -0.3 is 5.32 Å². The van der Waals surface area contributed by atoms with Crippen LogP contribution in [0.15, 0.2) is 83.1 Å². The van der Waals surface area contributed by atoms with E-state index in [-0.39, 0.29) is 10.8 Å². The summed E-state index contributed by atoms with van der Waals surface area (Å²) in [7, 11) is -3.86. The molecule has 0 saturated heterocycles. The molecule has 27 heavy (non-hydrogen) atoms. The summed E-state index contributed by atoms with van der Waals surface area (Å²) in [5.74, 6) is 0.537. The van der Waals surface area contributed by atoms with Crippen molar-refractivity contribution in [3.8, 4) is 11.4 Å². The molecular formula is C19H16N4O2S2. The molecule has 0 aliphatic carbocycles. The van der Waals surface area contributed by atoms with Crippen LogP contribution < -0.4 is 5.32 Å². The van der Waals surface area contributed by atoms with E-state index in [4.69, 9.17) is 0 Å². The lowest BCUT2D eigenvalue weighted by molar-refractivity contribution is 0.581. The van der Waals surface area contributed by atoms with Crippen LogP contribution in [0.5, 0.6) is 0 Å². The van der Waals surface area contributed by atoms with Crippen LogP contribution in [0.4, 0.5) is 5.95 Å². The van der Waals surface area contributed by atoms with Gasteiger partial charge in [0, 0.05) is 10.4 Å². The van der Waals surface area contributed by atoms with Crippen LogP contribution in [0.1, 0.15) is 4.88 Å². The largest absolute Gasteiger partial charge is 0.349 e. The van der Waals surface area contributed by atoms with Gasteiger partial charge >= 0.3 is 0 Å². The number of hydrogen-bond acceptors (Lipinski definition) is 6. The molecule has 2 heterocycles. The molecule has 0 saturated carbocycles. The highest BCUT2D eigenvalue weighted by molar-refractivity contribution is 7.90. The maximum absolute atomic E-state index is 13.1. The fraction of sp³-hybridized carbons (Fsp3) is 0.0526. The van der Waals surface area contributed by atoms with Crippen molar-refractivity contribution in [3.05, 3.63) is 83.1 Å². The highest BCUT2D eigenvalue weighted by atomic mass is 32.2. The molecule has 0 unspecified atom stereocenters. The van der Waals surface area contributed by atoms with Gasteiger partial charge in [-0.15, -0.1) is 20.5 Å². The maximum atomic E-state index is 13.1. The monoisotopic (exact) mass is 396 g/mol. The minimum Gasteiger partial charge on any atom is -0.349 e. The van der Waals surface area contributed by atoms with Gasteiger partial charge in [-0.1, -0.05) is 54.6 Å². The van der Waals surface area contributed by atoms with Gasteiger partial charge in [0.15, 0.2) is 5.82 Å². The SMILES string of the molecule is O=S(=O)(c1ccccc1)n1nc(-c2ccccc2)nc1NCc1cccs1. The standard InChI is InChI=1S/C19H16N4O2S2/c24-27(25,17-11-5-2-6-12-17)23-19(20-14-16-10-7-13-26-16)21-18(22-23)15-8-3-1-4-9-15/h1-13H,14H2,(H,20,21,22). The minimum atomic E-state index is -3.86. The lowest BCUT2D eigenvalue weighted by Crippen LogP contribution is -2.18. The molecule has 8 heteroatoms. The maximum Gasteiger partial charge on any atom is 0.286 e. The lowest BCUT2D eigenvalue weighted by atomic mass is 10.2. The van der Waals surface area contributed by atoms with Gasteiger partial charge in [0.1, 0.15) is 0 Å². The summed E-state index contributed by atoms with van der Waals surface area (Å²) in [5.41, 5.74) is 0.749. The fourth-order valence-electron chi connectivity index (χ4n) is 2.55. The Balaban J connectivity index is 1.77. The number of anilines is 1. The summed E-state index contributed by atoms with van der Waals surface area (Å²) in [4.78, 5) is 5.67. The summed E-state index contributed by atoms with van der Waals surface area (Å²) in [6, 6.07) is 21.4. The molecule has 2 aromatic carbocycles. The molecule has 0 aliphatic rings. The summed E-state index contributed by atoms with van der Waals surface area (Å²) in [6.45, 7) is 0.467. The highest BCUT2D eigenvalue weighted by Gasteiger charge is 2.24. The van der Waals surface area contributed by atoms with Crippen molar-refractivity contribution in [1.82, 2.24) is 14.2 Å². The fourth-order valence-corrected chi connectivity index (χ4v) is 4.42. The van der Waals surface area contributed by atoms with E-state index in [0.29, 0.717) is 12.4 Å². The van der Waals surface area contributed by atoms with Crippen LogP contribution >= 0.6 is 11.3 Å². The van der Waals surface area contributed by atoms with Crippen molar-refractivity contribution in [2.24, 2.45) is 0 Å². The first-order valence-electron chi connectivity index (χ1n) is 8.24. The van der Waals surface area contributed by atoms with Gasteiger partial charge in [0.05, 0.1) is 11.4 Å². The Morgan fingerprint density at radius 3 is 2.30 bits per heavy atom. The number of thiophene rings is 1. The van der Waals surface area contributed by atoms with Crippen molar-refractivity contribution in [1.29, 1.82) is 0 Å². The second-order valence-corrected chi connectivity index (χ2v) is 8.52. The van der Waals surface area contributed by atoms with Crippen molar-refractivity contribution in [2.75, 3.05) is 5.32 Å². The summed E-state index contributed by atoms with van der Waals surface area (Å²) < 4.78 is 27.1. The molecule has 0 bridgehead atoms. The van der Waals surface area contributed by atoms with Gasteiger partial charge in [-0.25, -0.2) is 0 Å². The van der Waals surface area contributed by atoms with E-state index in [1.807, 2.05) is 47.8 Å². The van der Waals surface area contributed by atoms with Crippen LogP contribution in [-0.2, 0) is 16.6 Å². The number of nitrogens with zero attached hydrogens (tertiary/aromatic N) is 3. The predicted molar refractivity (Wildman–Crippen MR) is 106 cm³/mol. The van der Waals surface area contributed by atoms with E-state index >= 15 is 0 Å². The van der Waals surface area contributed by atoms with Crippen molar-refractivity contribution >= 4 is 27.3 Å². The zero-order valence-corrected chi connectivity index (χ0v) is 15.8. The van der Waals surface area contributed by atoms with E-state index in [2.05, 4.69) is 15.4 Å². The second kappa shape index (κ2) is 7.34. The molecule has 0 amide bonds. The smallest absolute Gasteiger partial charge is 0.286 e. The summed E-state index contributed by atoms with van der Waals surface area (Å²) in [6.07, 6.45) is 0. The predicted octanol–water partition coefficient (Wildman–Crippen LogP) is 3.86. The molecule has 0 spiro atoms. The Morgan fingerprint density at radius 1 is 0.926 bits per heavy atom. The quantitative estimate of drug-likeness (QED) is 0.536. The Hall–Kier alpha value is -2.97. The van der Waals surface area contributed by atoms with Crippen LogP contribution in [0, 0.1) is 0 Å². The number of benzene rings is 2. The lowest BCUT2D eigenvalue weighted by Gasteiger charge is -2.08. The van der Waals surface area contributed by atoms with Crippen LogP contribution in [0.3, 0.4) is 0 Å². The first-order valence-corrected chi connectivity index (χ1v) is 10.6. The molecule has 4 aromatic rings. The average Bonchev–Trinajstić information content (AvgIpc) is 3.38. The summed E-state index contributed by atoms with van der Waals surface area (Å²) in [5, 5.41) is 9.36. The van der Waals surface area contributed by atoms with Crippen LogP contribution in [-0.4, -0.2) is 22.6 Å². The first-order chi connectivity index (χ1) is 13.1. The van der Waals surface area contributed by atoms with Gasteiger partial charge in [0.2, 0.25) is 5.95 Å². The third kappa shape index (κ3) is 3.62. The zero-order chi connectivity index (χ0) is 18.7. The number of aromatic nitrogens is 3. The normalized spacial score (nSPS) is 11.4. The molecule has 4 rings (SSSR count). The van der Waals surface area contributed by atoms with Crippen molar-refractivity contribution < 1.29 is 8.42 Å². The Kier molecular flexibility index (Phi) is 4.74. The van der Waals surface area contributed by atoms with E-state index in [1.54, 1.807) is 41.7 Å². The van der Waals surface area contributed by atoms with Gasteiger partial charge in [-0.3, -0.25) is 0 Å². The summed E-state index contributed by atoms with van der Waals surface area (Å²) >= 11 is 1.59. The zero-order valence-electron chi connectivity index (χ0n) is 14.2. The molecular weight excluding hydrogens is 380 g/mol. The van der Waals surface area contributed by atoms with E-state index in [9.17, 15) is 8.42 Å². The molecule has 136 valence electrons. The van der Waals surface area contributed by atoms with E-state index in [1.165, 1.54) is 0 Å². The van der Waals surface area contributed by atoms with Gasteiger partial charge in [-0.05, 0) is 23.6 Å². The molecule has 0 atom stereocenters. The van der Waals surface area contributed by atoms with E-state index in [0.717, 1.165) is 14.5 Å². The van der Waals surface area contributed by atoms with Crippen LogP contribution in [0.25, 0.3) is 11.4 Å². The van der Waals surface area contributed by atoms with Crippen molar-refractivity contribution in [2.45, 2.75) is 11.4 Å². The minimum absolute atomic E-state index is 0.161. The number of hydrogen-bond donors (Lipinski definition) is 1. The number of nitrogens with one attached hydrogen (secondary N) is 1.